The van der Waals surface area contributed by atoms with Crippen molar-refractivity contribution in [3.8, 4) is 0 Å². The van der Waals surface area contributed by atoms with Gasteiger partial charge in [-0.05, 0) is 15.9 Å². The highest BCUT2D eigenvalue weighted by atomic mass is 79.9. The molecule has 0 amide bonds. The number of benzene rings is 1. The molecule has 0 aliphatic heterocycles. The second-order valence-corrected chi connectivity index (χ2v) is 3.32. The Kier molecular flexibility index (Phi) is 3.83. The molecule has 0 radical (unpaired) electrons. The second-order valence-electron chi connectivity index (χ2n) is 2.53. The first-order valence-electron chi connectivity index (χ1n) is 3.92. The van der Waals surface area contributed by atoms with Crippen LogP contribution in [-0.2, 0) is 0 Å². The zero-order valence-electron chi connectivity index (χ0n) is 7.66. The van der Waals surface area contributed by atoms with Crippen LogP contribution >= 0.6 is 15.9 Å². The topological polar surface area (TPSA) is 24.7 Å². The van der Waals surface area contributed by atoms with E-state index in [1.165, 1.54) is 0 Å². The van der Waals surface area contributed by atoms with Crippen LogP contribution in [0.5, 0.6) is 0 Å². The van der Waals surface area contributed by atoms with Crippen molar-refractivity contribution in [3.63, 3.8) is 0 Å². The van der Waals surface area contributed by atoms with Crippen LogP contribution in [0.4, 0.5) is 0 Å². The summed E-state index contributed by atoms with van der Waals surface area (Å²) >= 11 is 3.50. The molecule has 0 heterocycles. The number of nitrogens with zero attached hydrogens (tertiary/aromatic N) is 2. The predicted molar refractivity (Wildman–Crippen MR) is 61.2 cm³/mol. The van der Waals surface area contributed by atoms with E-state index in [2.05, 4.69) is 25.9 Å². The fourth-order valence-corrected chi connectivity index (χ4v) is 1.52. The lowest BCUT2D eigenvalue weighted by Crippen LogP contribution is -1.89. The SMILES string of the molecule is CN=Cc1cccc(C=NC)c1Br. The molecule has 0 N–H and O–H groups in total. The molecule has 13 heavy (non-hydrogen) atoms. The summed E-state index contributed by atoms with van der Waals surface area (Å²) < 4.78 is 1.03. The standard InChI is InChI=1S/C10H11BrN2/c1-12-6-8-4-3-5-9(7-13-2)10(8)11/h3-7H,1-2H3. The molecule has 0 spiro atoms. The third-order valence-electron chi connectivity index (χ3n) is 1.59. The van der Waals surface area contributed by atoms with Gasteiger partial charge in [0, 0.05) is 42.1 Å². The van der Waals surface area contributed by atoms with Crippen LogP contribution in [0.25, 0.3) is 0 Å². The van der Waals surface area contributed by atoms with Gasteiger partial charge in [0.1, 0.15) is 0 Å². The van der Waals surface area contributed by atoms with E-state index in [-0.39, 0.29) is 0 Å². The minimum Gasteiger partial charge on any atom is -0.296 e. The highest BCUT2D eigenvalue weighted by molar-refractivity contribution is 9.10. The monoisotopic (exact) mass is 238 g/mol. The second kappa shape index (κ2) is 4.92. The van der Waals surface area contributed by atoms with Gasteiger partial charge in [-0.1, -0.05) is 18.2 Å². The minimum absolute atomic E-state index is 1.03. The molecule has 0 saturated heterocycles. The molecule has 3 heteroatoms. The van der Waals surface area contributed by atoms with E-state index in [0.29, 0.717) is 0 Å². The van der Waals surface area contributed by atoms with Gasteiger partial charge in [-0.25, -0.2) is 0 Å². The van der Waals surface area contributed by atoms with Crippen molar-refractivity contribution in [2.24, 2.45) is 9.98 Å². The summed E-state index contributed by atoms with van der Waals surface area (Å²) in [6.45, 7) is 0. The summed E-state index contributed by atoms with van der Waals surface area (Å²) in [5.41, 5.74) is 2.14. The van der Waals surface area contributed by atoms with Gasteiger partial charge in [-0.3, -0.25) is 9.98 Å². The molecule has 1 aromatic rings. The molecule has 0 saturated carbocycles. The van der Waals surface area contributed by atoms with Gasteiger partial charge >= 0.3 is 0 Å². The lowest BCUT2D eigenvalue weighted by atomic mass is 10.1. The van der Waals surface area contributed by atoms with Crippen molar-refractivity contribution < 1.29 is 0 Å². The van der Waals surface area contributed by atoms with Crippen LogP contribution < -0.4 is 0 Å². The molecular formula is C10H11BrN2. The Morgan fingerprint density at radius 2 is 1.54 bits per heavy atom. The maximum atomic E-state index is 3.97. The Hall–Kier alpha value is -0.960. The van der Waals surface area contributed by atoms with Gasteiger partial charge < -0.3 is 0 Å². The van der Waals surface area contributed by atoms with Gasteiger partial charge in [0.15, 0.2) is 0 Å². The normalized spacial score (nSPS) is 11.6. The molecule has 2 nitrogen and oxygen atoms in total. The van der Waals surface area contributed by atoms with Crippen molar-refractivity contribution in [1.29, 1.82) is 0 Å². The molecule has 0 atom stereocenters. The number of hydrogen-bond acceptors (Lipinski definition) is 2. The van der Waals surface area contributed by atoms with E-state index in [1.807, 2.05) is 30.6 Å². The Labute approximate surface area is 86.5 Å². The van der Waals surface area contributed by atoms with Crippen LogP contribution in [0, 0.1) is 0 Å². The van der Waals surface area contributed by atoms with Gasteiger partial charge in [-0.15, -0.1) is 0 Å². The third kappa shape index (κ3) is 2.49. The summed E-state index contributed by atoms with van der Waals surface area (Å²) in [6.07, 6.45) is 3.63. The van der Waals surface area contributed by atoms with E-state index < -0.39 is 0 Å². The maximum absolute atomic E-state index is 3.97. The van der Waals surface area contributed by atoms with Crippen molar-refractivity contribution in [2.75, 3.05) is 14.1 Å². The van der Waals surface area contributed by atoms with E-state index in [4.69, 9.17) is 0 Å². The maximum Gasteiger partial charge on any atom is 0.0350 e. The van der Waals surface area contributed by atoms with Crippen molar-refractivity contribution in [2.45, 2.75) is 0 Å². The first-order valence-corrected chi connectivity index (χ1v) is 4.71. The first kappa shape index (κ1) is 10.1. The van der Waals surface area contributed by atoms with E-state index in [9.17, 15) is 0 Å². The molecular weight excluding hydrogens is 228 g/mol. The quantitative estimate of drug-likeness (QED) is 0.708. The Morgan fingerprint density at radius 1 is 1.08 bits per heavy atom. The molecule has 0 bridgehead atoms. The lowest BCUT2D eigenvalue weighted by Gasteiger charge is -2.00. The fraction of sp³-hybridized carbons (Fsp3) is 0.200. The zero-order valence-corrected chi connectivity index (χ0v) is 9.25. The number of halogens is 1. The van der Waals surface area contributed by atoms with E-state index in [0.717, 1.165) is 15.6 Å². The van der Waals surface area contributed by atoms with Crippen LogP contribution in [0.1, 0.15) is 11.1 Å². The van der Waals surface area contributed by atoms with Gasteiger partial charge in [-0.2, -0.15) is 0 Å². The highest BCUT2D eigenvalue weighted by Gasteiger charge is 2.00. The smallest absolute Gasteiger partial charge is 0.0350 e. The molecule has 1 rings (SSSR count). The van der Waals surface area contributed by atoms with Crippen LogP contribution in [0.15, 0.2) is 32.7 Å². The van der Waals surface area contributed by atoms with Crippen LogP contribution in [0.2, 0.25) is 0 Å². The van der Waals surface area contributed by atoms with Crippen LogP contribution in [-0.4, -0.2) is 26.5 Å². The lowest BCUT2D eigenvalue weighted by molar-refractivity contribution is 1.44. The van der Waals surface area contributed by atoms with Crippen molar-refractivity contribution in [1.82, 2.24) is 0 Å². The summed E-state index contributed by atoms with van der Waals surface area (Å²) in [5.74, 6) is 0. The molecule has 0 fully saturated rings. The van der Waals surface area contributed by atoms with E-state index >= 15 is 0 Å². The zero-order chi connectivity index (χ0) is 9.68. The minimum atomic E-state index is 1.03. The largest absolute Gasteiger partial charge is 0.296 e. The highest BCUT2D eigenvalue weighted by Crippen LogP contribution is 2.18. The summed E-state index contributed by atoms with van der Waals surface area (Å²) in [6, 6.07) is 5.99. The Morgan fingerprint density at radius 3 is 1.92 bits per heavy atom. The fourth-order valence-electron chi connectivity index (χ4n) is 1.05. The van der Waals surface area contributed by atoms with Gasteiger partial charge in [0.2, 0.25) is 0 Å². The Balaban J connectivity index is 3.17. The molecule has 0 unspecified atom stereocenters. The molecule has 68 valence electrons. The van der Waals surface area contributed by atoms with Gasteiger partial charge in [0.05, 0.1) is 0 Å². The number of hydrogen-bond donors (Lipinski definition) is 0. The summed E-state index contributed by atoms with van der Waals surface area (Å²) in [7, 11) is 3.51. The summed E-state index contributed by atoms with van der Waals surface area (Å²) in [4.78, 5) is 7.94. The average molecular weight is 239 g/mol. The Bertz CT molecular complexity index is 313. The van der Waals surface area contributed by atoms with E-state index in [1.54, 1.807) is 14.1 Å². The number of aliphatic imine (C=N–C) groups is 2. The molecule has 0 aliphatic rings. The first-order chi connectivity index (χ1) is 6.29. The molecule has 0 aliphatic carbocycles. The number of rotatable bonds is 2. The summed E-state index contributed by atoms with van der Waals surface area (Å²) in [5, 5.41) is 0. The average Bonchev–Trinajstić information content (AvgIpc) is 2.13. The van der Waals surface area contributed by atoms with Crippen molar-refractivity contribution >= 4 is 28.4 Å². The van der Waals surface area contributed by atoms with Crippen molar-refractivity contribution in [3.05, 3.63) is 33.8 Å². The van der Waals surface area contributed by atoms with Gasteiger partial charge in [0.25, 0.3) is 0 Å². The third-order valence-corrected chi connectivity index (χ3v) is 2.51. The molecule has 0 aromatic heterocycles. The predicted octanol–water partition coefficient (Wildman–Crippen LogP) is 2.55. The van der Waals surface area contributed by atoms with Crippen LogP contribution in [0.3, 0.4) is 0 Å². The molecule has 1 aromatic carbocycles.